The van der Waals surface area contributed by atoms with Gasteiger partial charge in [0.1, 0.15) is 0 Å². The minimum Gasteiger partial charge on any atom is -0.394 e. The van der Waals surface area contributed by atoms with Crippen LogP contribution < -0.4 is 10.6 Å². The van der Waals surface area contributed by atoms with E-state index < -0.39 is 15.6 Å². The van der Waals surface area contributed by atoms with E-state index in [0.717, 1.165) is 9.87 Å². The molecular formula is C31H37N7O4S. The van der Waals surface area contributed by atoms with Crippen LogP contribution in [0.5, 0.6) is 0 Å². The molecule has 1 aromatic heterocycles. The molecule has 0 spiro atoms. The Labute approximate surface area is 252 Å². The number of carbonyl (C=O) groups excluding carboxylic acids is 2. The summed E-state index contributed by atoms with van der Waals surface area (Å²) in [6.45, 7) is 0.927. The number of hydrogen-bond acceptors (Lipinski definition) is 8. The summed E-state index contributed by atoms with van der Waals surface area (Å²) in [5, 5.41) is 20.8. The first kappa shape index (κ1) is 31.5. The maximum Gasteiger partial charge on any atom is 0.242 e. The molecule has 0 atom stereocenters. The molecule has 0 bridgehead atoms. The van der Waals surface area contributed by atoms with Gasteiger partial charge in [-0.15, -0.1) is 0 Å². The zero-order valence-corrected chi connectivity index (χ0v) is 25.5. The first-order chi connectivity index (χ1) is 20.6. The number of nitriles is 1. The zero-order valence-electron chi connectivity index (χ0n) is 24.7. The van der Waals surface area contributed by atoms with Crippen molar-refractivity contribution in [3.05, 3.63) is 77.6 Å². The molecule has 2 aromatic carbocycles. The third kappa shape index (κ3) is 6.96. The molecule has 3 aromatic rings. The molecule has 1 aliphatic heterocycles. The fourth-order valence-electron chi connectivity index (χ4n) is 5.23. The molecule has 2 N–H and O–H groups in total. The van der Waals surface area contributed by atoms with E-state index in [4.69, 9.17) is 5.10 Å². The molecule has 2 heterocycles. The summed E-state index contributed by atoms with van der Waals surface area (Å²) < 4.78 is 27.8. The van der Waals surface area contributed by atoms with Gasteiger partial charge in [0.05, 0.1) is 34.2 Å². The molecule has 11 nitrogen and oxygen atoms in total. The van der Waals surface area contributed by atoms with Crippen LogP contribution in [0.25, 0.3) is 6.08 Å². The molecule has 4 rings (SSSR count). The number of sulfonamides is 1. The summed E-state index contributed by atoms with van der Waals surface area (Å²) in [7, 11) is 1.08. The largest absolute Gasteiger partial charge is 0.394 e. The quantitative estimate of drug-likeness (QED) is 0.299. The molecular weight excluding hydrogens is 566 g/mol. The Balaban J connectivity index is 1.60. The Hall–Kier alpha value is -4.47. The van der Waals surface area contributed by atoms with Crippen molar-refractivity contribution in [2.75, 3.05) is 39.5 Å². The second-order valence-electron chi connectivity index (χ2n) is 10.7. The smallest absolute Gasteiger partial charge is 0.242 e. The average Bonchev–Trinajstić information content (AvgIpc) is 3.37. The molecule has 1 amide bonds. The monoisotopic (exact) mass is 603 g/mol. The lowest BCUT2D eigenvalue weighted by atomic mass is 9.84. The van der Waals surface area contributed by atoms with Gasteiger partial charge in [0.25, 0.3) is 0 Å². The molecule has 0 aliphatic carbocycles. The Kier molecular flexibility index (Phi) is 10.0. The number of aryl methyl sites for hydroxylation is 1. The Morgan fingerprint density at radius 1 is 1.12 bits per heavy atom. The number of nitrogens with zero attached hydrogens (tertiary/aromatic N) is 5. The Morgan fingerprint density at radius 3 is 2.37 bits per heavy atom. The average molecular weight is 604 g/mol. The number of benzene rings is 2. The highest BCUT2D eigenvalue weighted by atomic mass is 32.2. The van der Waals surface area contributed by atoms with Gasteiger partial charge in [-0.2, -0.15) is 10.4 Å². The number of rotatable bonds is 12. The first-order valence-electron chi connectivity index (χ1n) is 14.1. The second kappa shape index (κ2) is 13.7. The first-order valence-corrected chi connectivity index (χ1v) is 15.5. The van der Waals surface area contributed by atoms with E-state index in [1.54, 1.807) is 36.1 Å². The highest BCUT2D eigenvalue weighted by Gasteiger charge is 2.40. The Morgan fingerprint density at radius 2 is 1.79 bits per heavy atom. The van der Waals surface area contributed by atoms with Crippen LogP contribution in [0.15, 0.2) is 65.7 Å². The van der Waals surface area contributed by atoms with Crippen molar-refractivity contribution in [2.24, 2.45) is 0 Å². The van der Waals surface area contributed by atoms with E-state index in [1.807, 2.05) is 35.2 Å². The molecule has 0 radical (unpaired) electrons. The molecule has 1 aliphatic rings. The van der Waals surface area contributed by atoms with Crippen LogP contribution in [0, 0.1) is 11.3 Å². The minimum atomic E-state index is -3.59. The lowest BCUT2D eigenvalue weighted by molar-refractivity contribution is -0.133. The zero-order chi connectivity index (χ0) is 31.0. The van der Waals surface area contributed by atoms with Crippen LogP contribution in [0.3, 0.4) is 0 Å². The standard InChI is InChI=1S/C31H37N7O4S/c1-33-20-15-28-27(23-39)30(34-25-10-12-26(13-11-25)43(41,42)36(2)3)35-38(28)31(16-19-32)17-21-37(22-18-31)29(40)14-9-24-7-5-4-6-8-24/h4-8,10-13,15,20,23,33H,9,14,16-18,21-22H2,1-3H3,(H,34,35)/b20-15-. The van der Waals surface area contributed by atoms with E-state index in [2.05, 4.69) is 16.7 Å². The number of hydrogen-bond donors (Lipinski definition) is 2. The topological polar surface area (TPSA) is 140 Å². The van der Waals surface area contributed by atoms with Gasteiger partial charge in [-0.25, -0.2) is 12.7 Å². The fourth-order valence-corrected chi connectivity index (χ4v) is 6.13. The van der Waals surface area contributed by atoms with E-state index in [-0.39, 0.29) is 23.0 Å². The summed E-state index contributed by atoms with van der Waals surface area (Å²) >= 11 is 0. The molecule has 1 saturated heterocycles. The number of aromatic nitrogens is 2. The highest BCUT2D eigenvalue weighted by molar-refractivity contribution is 7.89. The number of likely N-dealkylation sites (tertiary alicyclic amines) is 1. The predicted molar refractivity (Wildman–Crippen MR) is 165 cm³/mol. The van der Waals surface area contributed by atoms with Gasteiger partial charge in [0.2, 0.25) is 15.9 Å². The predicted octanol–water partition coefficient (Wildman–Crippen LogP) is 3.74. The van der Waals surface area contributed by atoms with Gasteiger partial charge < -0.3 is 15.5 Å². The summed E-state index contributed by atoms with van der Waals surface area (Å²) in [6, 6.07) is 18.4. The maximum atomic E-state index is 13.0. The fraction of sp³-hybridized carbons (Fsp3) is 0.355. The van der Waals surface area contributed by atoms with Crippen LogP contribution in [-0.4, -0.2) is 73.8 Å². The summed E-state index contributed by atoms with van der Waals surface area (Å²) in [5.74, 6) is 0.355. The van der Waals surface area contributed by atoms with Gasteiger partial charge in [-0.1, -0.05) is 30.3 Å². The molecule has 0 saturated carbocycles. The third-order valence-corrected chi connectivity index (χ3v) is 9.58. The van der Waals surface area contributed by atoms with Gasteiger partial charge in [0, 0.05) is 46.3 Å². The highest BCUT2D eigenvalue weighted by Crippen LogP contribution is 2.37. The van der Waals surface area contributed by atoms with E-state index in [9.17, 15) is 23.3 Å². The van der Waals surface area contributed by atoms with Crippen LogP contribution in [0.2, 0.25) is 0 Å². The van der Waals surface area contributed by atoms with Crippen LogP contribution in [0.4, 0.5) is 11.5 Å². The number of anilines is 2. The summed E-state index contributed by atoms with van der Waals surface area (Å²) in [4.78, 5) is 27.4. The van der Waals surface area contributed by atoms with Crippen molar-refractivity contribution in [3.8, 4) is 6.07 Å². The van der Waals surface area contributed by atoms with Crippen molar-refractivity contribution in [1.29, 1.82) is 5.26 Å². The minimum absolute atomic E-state index is 0.0702. The van der Waals surface area contributed by atoms with Crippen molar-refractivity contribution in [3.63, 3.8) is 0 Å². The second-order valence-corrected chi connectivity index (χ2v) is 12.8. The van der Waals surface area contributed by atoms with Crippen molar-refractivity contribution >= 4 is 39.8 Å². The number of carbonyl (C=O) groups is 2. The molecule has 0 unspecified atom stereocenters. The van der Waals surface area contributed by atoms with Gasteiger partial charge in [-0.05, 0) is 61.4 Å². The maximum absolute atomic E-state index is 13.0. The lowest BCUT2D eigenvalue weighted by Gasteiger charge is -2.41. The van der Waals surface area contributed by atoms with Crippen molar-refractivity contribution in [2.45, 2.75) is 42.5 Å². The molecule has 43 heavy (non-hydrogen) atoms. The van der Waals surface area contributed by atoms with E-state index >= 15 is 0 Å². The van der Waals surface area contributed by atoms with Crippen LogP contribution in [-0.2, 0) is 26.8 Å². The van der Waals surface area contributed by atoms with Crippen LogP contribution in [0.1, 0.15) is 47.3 Å². The number of aldehydes is 1. The number of piperidine rings is 1. The van der Waals surface area contributed by atoms with E-state index in [0.29, 0.717) is 62.0 Å². The van der Waals surface area contributed by atoms with Gasteiger partial charge >= 0.3 is 0 Å². The molecule has 1 fully saturated rings. The number of nitrogens with one attached hydrogen (secondary N) is 2. The SMILES string of the molecule is CN/C=C\c1c(C=O)c(Nc2ccc(S(=O)(=O)N(C)C)cc2)nn1C1(CC#N)CCN(C(=O)CCc2ccccc2)CC1. The Bertz CT molecular complexity index is 1600. The van der Waals surface area contributed by atoms with E-state index in [1.165, 1.54) is 26.2 Å². The third-order valence-electron chi connectivity index (χ3n) is 7.76. The normalized spacial score (nSPS) is 14.9. The van der Waals surface area contributed by atoms with Gasteiger partial charge in [-0.3, -0.25) is 14.3 Å². The van der Waals surface area contributed by atoms with Gasteiger partial charge in [0.15, 0.2) is 12.1 Å². The van der Waals surface area contributed by atoms with Crippen LogP contribution >= 0.6 is 0 Å². The van der Waals surface area contributed by atoms with Crippen molar-refractivity contribution in [1.82, 2.24) is 24.3 Å². The van der Waals surface area contributed by atoms with Crippen molar-refractivity contribution < 1.29 is 18.0 Å². The lowest BCUT2D eigenvalue weighted by Crippen LogP contribution is -2.48. The summed E-state index contributed by atoms with van der Waals surface area (Å²) in [5.41, 5.74) is 1.75. The summed E-state index contributed by atoms with van der Waals surface area (Å²) in [6.07, 6.45) is 6.36. The number of amides is 1. The molecule has 12 heteroatoms. The molecule has 226 valence electrons.